The summed E-state index contributed by atoms with van der Waals surface area (Å²) in [6, 6.07) is 4.16. The Bertz CT molecular complexity index is 477. The third-order valence-electron chi connectivity index (χ3n) is 3.55. The van der Waals surface area contributed by atoms with Gasteiger partial charge < -0.3 is 9.47 Å². The van der Waals surface area contributed by atoms with E-state index in [1.807, 2.05) is 26.0 Å². The molecule has 1 aliphatic rings. The topological polar surface area (TPSA) is 18.5 Å². The monoisotopic (exact) mass is 366 g/mol. The van der Waals surface area contributed by atoms with E-state index in [1.54, 1.807) is 0 Å². The van der Waals surface area contributed by atoms with Crippen LogP contribution in [0.4, 0.5) is 0 Å². The molecule has 0 radical (unpaired) electrons. The molecule has 1 aromatic rings. The lowest BCUT2D eigenvalue weighted by atomic mass is 9.99. The molecule has 1 fully saturated rings. The van der Waals surface area contributed by atoms with Gasteiger partial charge in [-0.1, -0.05) is 61.2 Å². The van der Waals surface area contributed by atoms with Gasteiger partial charge in [-0.2, -0.15) is 0 Å². The third-order valence-corrected chi connectivity index (χ3v) is 4.24. The number of rotatable bonds is 6. The average molecular weight is 367 g/mol. The van der Waals surface area contributed by atoms with E-state index in [0.717, 1.165) is 41.5 Å². The van der Waals surface area contributed by atoms with Gasteiger partial charge in [-0.25, -0.2) is 0 Å². The first-order valence-electron chi connectivity index (χ1n) is 8.05. The van der Waals surface area contributed by atoms with Crippen LogP contribution in [-0.4, -0.2) is 19.5 Å². The molecule has 3 heteroatoms. The highest BCUT2D eigenvalue weighted by Crippen LogP contribution is 2.26. The van der Waals surface area contributed by atoms with Crippen LogP contribution in [0, 0.1) is 0 Å². The molecule has 0 bridgehead atoms. The lowest BCUT2D eigenvalue weighted by Crippen LogP contribution is -2.23. The smallest absolute Gasteiger partial charge is 0.157 e. The zero-order valence-corrected chi connectivity index (χ0v) is 15.3. The van der Waals surface area contributed by atoms with Crippen LogP contribution in [-0.2, 0) is 15.9 Å². The highest BCUT2D eigenvalue weighted by atomic mass is 79.9. The first kappa shape index (κ1) is 19.1. The minimum atomic E-state index is -0.0229. The van der Waals surface area contributed by atoms with Crippen LogP contribution in [0.1, 0.15) is 49.8 Å². The zero-order chi connectivity index (χ0) is 16.4. The van der Waals surface area contributed by atoms with E-state index in [9.17, 15) is 0 Å². The first-order valence-corrected chi connectivity index (χ1v) is 8.85. The molecule has 1 atom stereocenters. The maximum Gasteiger partial charge on any atom is 0.157 e. The summed E-state index contributed by atoms with van der Waals surface area (Å²) in [5.41, 5.74) is 3.45. The molecule has 0 saturated carbocycles. The Morgan fingerprint density at radius 1 is 1.23 bits per heavy atom. The summed E-state index contributed by atoms with van der Waals surface area (Å²) >= 11 is 3.54. The van der Waals surface area contributed by atoms with Gasteiger partial charge in [-0.15, -0.1) is 0 Å². The number of ether oxygens (including phenoxy) is 2. The summed E-state index contributed by atoms with van der Waals surface area (Å²) in [5.74, 6) is 0. The predicted octanol–water partition coefficient (Wildman–Crippen LogP) is 5.85. The molecule has 0 N–H and O–H groups in total. The molecular weight excluding hydrogens is 340 g/mol. The summed E-state index contributed by atoms with van der Waals surface area (Å²) in [6.45, 7) is 13.3. The van der Waals surface area contributed by atoms with Gasteiger partial charge in [-0.3, -0.25) is 0 Å². The van der Waals surface area contributed by atoms with Crippen LogP contribution in [0.2, 0.25) is 0 Å². The van der Waals surface area contributed by atoms with Crippen molar-refractivity contribution in [3.05, 3.63) is 46.5 Å². The second-order valence-corrected chi connectivity index (χ2v) is 5.71. The van der Waals surface area contributed by atoms with Gasteiger partial charge in [0.25, 0.3) is 0 Å². The molecule has 1 heterocycles. The molecule has 0 aliphatic carbocycles. The molecule has 1 unspecified atom stereocenters. The molecule has 1 saturated heterocycles. The first-order chi connectivity index (χ1) is 10.8. The number of hydrogen-bond acceptors (Lipinski definition) is 2. The molecule has 22 heavy (non-hydrogen) atoms. The number of halogens is 1. The Morgan fingerprint density at radius 2 is 1.95 bits per heavy atom. The number of hydrogen-bond donors (Lipinski definition) is 0. The van der Waals surface area contributed by atoms with Gasteiger partial charge in [-0.05, 0) is 48.4 Å². The van der Waals surface area contributed by atoms with Crippen LogP contribution < -0.4 is 0 Å². The van der Waals surface area contributed by atoms with E-state index in [2.05, 4.69) is 41.2 Å². The molecule has 122 valence electrons. The maximum absolute atomic E-state index is 5.80. The lowest BCUT2D eigenvalue weighted by Gasteiger charge is -2.23. The van der Waals surface area contributed by atoms with Crippen molar-refractivity contribution >= 4 is 28.1 Å². The summed E-state index contributed by atoms with van der Waals surface area (Å²) in [6.07, 6.45) is 7.92. The van der Waals surface area contributed by atoms with E-state index >= 15 is 0 Å². The quantitative estimate of drug-likeness (QED) is 0.628. The SMILES string of the molecule is C=Cc1c(Br)ccc(CCOC2CCCCO2)c1C=C.CC. The van der Waals surface area contributed by atoms with Crippen molar-refractivity contribution in [2.45, 2.75) is 45.8 Å². The Balaban J connectivity index is 0.00000116. The minimum Gasteiger partial charge on any atom is -0.353 e. The molecular formula is C19H27BrO2. The van der Waals surface area contributed by atoms with Crippen molar-refractivity contribution in [2.24, 2.45) is 0 Å². The van der Waals surface area contributed by atoms with E-state index in [-0.39, 0.29) is 6.29 Å². The molecule has 0 spiro atoms. The van der Waals surface area contributed by atoms with Crippen LogP contribution in [0.15, 0.2) is 29.8 Å². The Morgan fingerprint density at radius 3 is 2.55 bits per heavy atom. The van der Waals surface area contributed by atoms with Crippen molar-refractivity contribution in [1.82, 2.24) is 0 Å². The molecule has 2 nitrogen and oxygen atoms in total. The normalized spacial score (nSPS) is 17.3. The highest BCUT2D eigenvalue weighted by Gasteiger charge is 2.14. The molecule has 1 aromatic carbocycles. The summed E-state index contributed by atoms with van der Waals surface area (Å²) in [5, 5.41) is 0. The third kappa shape index (κ3) is 5.38. The van der Waals surface area contributed by atoms with Gasteiger partial charge in [0.05, 0.1) is 6.61 Å². The predicted molar refractivity (Wildman–Crippen MR) is 98.9 cm³/mol. The fourth-order valence-corrected chi connectivity index (χ4v) is 2.97. The minimum absolute atomic E-state index is 0.0229. The Labute approximate surface area is 143 Å². The fourth-order valence-electron chi connectivity index (χ4n) is 2.46. The van der Waals surface area contributed by atoms with Gasteiger partial charge in [0, 0.05) is 11.1 Å². The van der Waals surface area contributed by atoms with Crippen molar-refractivity contribution < 1.29 is 9.47 Å². The van der Waals surface area contributed by atoms with Crippen molar-refractivity contribution in [2.75, 3.05) is 13.2 Å². The lowest BCUT2D eigenvalue weighted by molar-refractivity contribution is -0.161. The maximum atomic E-state index is 5.80. The largest absolute Gasteiger partial charge is 0.353 e. The van der Waals surface area contributed by atoms with Crippen molar-refractivity contribution in [3.63, 3.8) is 0 Å². The van der Waals surface area contributed by atoms with Crippen LogP contribution >= 0.6 is 15.9 Å². The summed E-state index contributed by atoms with van der Waals surface area (Å²) < 4.78 is 12.4. The van der Waals surface area contributed by atoms with Crippen LogP contribution in [0.3, 0.4) is 0 Å². The molecule has 0 amide bonds. The van der Waals surface area contributed by atoms with Crippen molar-refractivity contribution in [3.8, 4) is 0 Å². The average Bonchev–Trinajstić information content (AvgIpc) is 2.58. The standard InChI is InChI=1S/C17H21BrO2.C2H6/c1-3-14-13(8-9-16(18)15(14)4-2)10-12-20-17-7-5-6-11-19-17;1-2/h3-4,8-9,17H,1-2,5-7,10-12H2;1-2H3. The van der Waals surface area contributed by atoms with Crippen LogP contribution in [0.5, 0.6) is 0 Å². The Hall–Kier alpha value is -0.900. The Kier molecular flexibility index (Phi) is 9.37. The molecule has 1 aliphatic heterocycles. The fraction of sp³-hybridized carbons (Fsp3) is 0.474. The molecule has 0 aromatic heterocycles. The molecule has 2 rings (SSSR count). The number of benzene rings is 1. The summed E-state index contributed by atoms with van der Waals surface area (Å²) in [4.78, 5) is 0. The zero-order valence-electron chi connectivity index (χ0n) is 13.7. The van der Waals surface area contributed by atoms with Crippen molar-refractivity contribution in [1.29, 1.82) is 0 Å². The highest BCUT2D eigenvalue weighted by molar-refractivity contribution is 9.10. The van der Waals surface area contributed by atoms with E-state index < -0.39 is 0 Å². The van der Waals surface area contributed by atoms with E-state index in [0.29, 0.717) is 6.61 Å². The van der Waals surface area contributed by atoms with E-state index in [4.69, 9.17) is 9.47 Å². The summed E-state index contributed by atoms with van der Waals surface area (Å²) in [7, 11) is 0. The second-order valence-electron chi connectivity index (χ2n) is 4.86. The van der Waals surface area contributed by atoms with E-state index in [1.165, 1.54) is 12.0 Å². The van der Waals surface area contributed by atoms with Gasteiger partial charge in [0.1, 0.15) is 0 Å². The van der Waals surface area contributed by atoms with Gasteiger partial charge >= 0.3 is 0 Å². The van der Waals surface area contributed by atoms with Gasteiger partial charge in [0.2, 0.25) is 0 Å². The second kappa shape index (κ2) is 10.8. The van der Waals surface area contributed by atoms with Gasteiger partial charge in [0.15, 0.2) is 6.29 Å². The van der Waals surface area contributed by atoms with Crippen LogP contribution in [0.25, 0.3) is 12.2 Å².